The minimum atomic E-state index is -0.288. The van der Waals surface area contributed by atoms with Crippen LogP contribution in [0.4, 0.5) is 0 Å². The molecule has 1 spiro atoms. The predicted octanol–water partition coefficient (Wildman–Crippen LogP) is 3.33. The number of furan rings is 1. The summed E-state index contributed by atoms with van der Waals surface area (Å²) in [6.07, 6.45) is 3.28. The van der Waals surface area contributed by atoms with Gasteiger partial charge in [0.2, 0.25) is 5.91 Å². The third-order valence-corrected chi connectivity index (χ3v) is 6.97. The lowest BCUT2D eigenvalue weighted by Crippen LogP contribution is -2.62. The summed E-state index contributed by atoms with van der Waals surface area (Å²) >= 11 is 1.65. The Bertz CT molecular complexity index is 746. The number of thiophene rings is 1. The molecule has 1 amide bonds. The second-order valence-corrected chi connectivity index (χ2v) is 8.28. The van der Waals surface area contributed by atoms with Crippen LogP contribution in [-0.2, 0) is 16.0 Å². The second-order valence-electron chi connectivity index (χ2n) is 7.33. The molecule has 26 heavy (non-hydrogen) atoms. The monoisotopic (exact) mass is 375 g/mol. The van der Waals surface area contributed by atoms with Gasteiger partial charge in [0.05, 0.1) is 17.1 Å². The number of amides is 1. The zero-order valence-corrected chi connectivity index (χ0v) is 15.8. The van der Waals surface area contributed by atoms with E-state index < -0.39 is 0 Å². The molecule has 0 bridgehead atoms. The van der Waals surface area contributed by atoms with Gasteiger partial charge in [-0.3, -0.25) is 4.79 Å². The third-order valence-electron chi connectivity index (χ3n) is 6.08. The quantitative estimate of drug-likeness (QED) is 0.871. The summed E-state index contributed by atoms with van der Waals surface area (Å²) in [5, 5.41) is 12.2. The van der Waals surface area contributed by atoms with Crippen LogP contribution in [0.5, 0.6) is 0 Å². The lowest BCUT2D eigenvalue weighted by Gasteiger charge is -2.56. The maximum Gasteiger partial charge on any atom is 0.223 e. The molecule has 4 rings (SSSR count). The first-order valence-corrected chi connectivity index (χ1v) is 10.1. The van der Waals surface area contributed by atoms with E-state index in [0.717, 1.165) is 35.7 Å². The number of piperidine rings is 1. The molecule has 0 aromatic carbocycles. The predicted molar refractivity (Wildman–Crippen MR) is 100 cm³/mol. The van der Waals surface area contributed by atoms with Crippen molar-refractivity contribution in [3.8, 4) is 10.6 Å². The Balaban J connectivity index is 1.28. The van der Waals surface area contributed by atoms with E-state index >= 15 is 0 Å². The lowest BCUT2D eigenvalue weighted by atomic mass is 9.58. The van der Waals surface area contributed by atoms with Crippen molar-refractivity contribution < 1.29 is 19.1 Å². The molecule has 6 heteroatoms. The molecule has 1 aliphatic heterocycles. The minimum Gasteiger partial charge on any atom is -0.460 e. The van der Waals surface area contributed by atoms with Gasteiger partial charge < -0.3 is 19.2 Å². The fourth-order valence-electron chi connectivity index (χ4n) is 4.34. The van der Waals surface area contributed by atoms with E-state index in [2.05, 4.69) is 0 Å². The summed E-state index contributed by atoms with van der Waals surface area (Å²) < 4.78 is 11.4. The van der Waals surface area contributed by atoms with Gasteiger partial charge in [0, 0.05) is 44.9 Å². The number of carbonyl (C=O) groups excluding carboxylic acids is 1. The summed E-state index contributed by atoms with van der Waals surface area (Å²) in [6, 6.07) is 7.97. The highest BCUT2D eigenvalue weighted by Gasteiger charge is 2.56. The summed E-state index contributed by atoms with van der Waals surface area (Å²) in [4.78, 5) is 15.6. The van der Waals surface area contributed by atoms with Crippen LogP contribution in [0, 0.1) is 5.41 Å². The molecule has 1 saturated carbocycles. The van der Waals surface area contributed by atoms with Gasteiger partial charge >= 0.3 is 0 Å². The number of likely N-dealkylation sites (tertiary alicyclic amines) is 1. The van der Waals surface area contributed by atoms with Crippen molar-refractivity contribution >= 4 is 17.2 Å². The molecule has 5 nitrogen and oxygen atoms in total. The van der Waals surface area contributed by atoms with Crippen LogP contribution in [0.25, 0.3) is 10.6 Å². The Morgan fingerprint density at radius 1 is 1.38 bits per heavy atom. The second kappa shape index (κ2) is 7.18. The molecule has 2 fully saturated rings. The first-order chi connectivity index (χ1) is 12.6. The fraction of sp³-hybridized carbons (Fsp3) is 0.550. The average Bonchev–Trinajstić information content (AvgIpc) is 3.35. The summed E-state index contributed by atoms with van der Waals surface area (Å²) in [7, 11) is 1.71. The van der Waals surface area contributed by atoms with Crippen LogP contribution in [-0.4, -0.2) is 48.3 Å². The Labute approximate surface area is 157 Å². The zero-order valence-electron chi connectivity index (χ0n) is 15.0. The summed E-state index contributed by atoms with van der Waals surface area (Å²) in [6.45, 7) is 1.41. The molecular formula is C20H25NO4S. The highest BCUT2D eigenvalue weighted by molar-refractivity contribution is 7.13. The average molecular weight is 375 g/mol. The number of methoxy groups -OCH3 is 1. The summed E-state index contributed by atoms with van der Waals surface area (Å²) in [5.41, 5.74) is -0.137. The van der Waals surface area contributed by atoms with Gasteiger partial charge in [0.1, 0.15) is 11.5 Å². The van der Waals surface area contributed by atoms with E-state index in [-0.39, 0.29) is 23.5 Å². The maximum absolute atomic E-state index is 12.5. The Hall–Kier alpha value is -1.63. The molecule has 1 saturated heterocycles. The number of nitrogens with zero attached hydrogens (tertiary/aromatic N) is 1. The first kappa shape index (κ1) is 17.8. The molecule has 2 aromatic rings. The molecule has 1 aliphatic carbocycles. The van der Waals surface area contributed by atoms with Crippen molar-refractivity contribution in [2.75, 3.05) is 20.2 Å². The van der Waals surface area contributed by atoms with E-state index in [1.54, 1.807) is 18.4 Å². The number of ether oxygens (including phenoxy) is 1. The van der Waals surface area contributed by atoms with Gasteiger partial charge in [-0.05, 0) is 36.4 Å². The van der Waals surface area contributed by atoms with E-state index in [1.165, 1.54) is 0 Å². The molecule has 0 unspecified atom stereocenters. The number of hydrogen-bond acceptors (Lipinski definition) is 5. The molecule has 2 aliphatic rings. The molecular weight excluding hydrogens is 350 g/mol. The molecule has 2 atom stereocenters. The molecule has 2 aromatic heterocycles. The van der Waals surface area contributed by atoms with Crippen molar-refractivity contribution in [3.05, 3.63) is 35.4 Å². The molecule has 1 N–H and O–H groups in total. The van der Waals surface area contributed by atoms with Crippen molar-refractivity contribution in [2.24, 2.45) is 5.41 Å². The number of carbonyl (C=O) groups is 1. The lowest BCUT2D eigenvalue weighted by molar-refractivity contribution is -0.202. The fourth-order valence-corrected chi connectivity index (χ4v) is 5.02. The molecule has 140 valence electrons. The van der Waals surface area contributed by atoms with Crippen LogP contribution in [0.1, 0.15) is 31.4 Å². The van der Waals surface area contributed by atoms with Gasteiger partial charge in [-0.2, -0.15) is 0 Å². The third kappa shape index (κ3) is 3.10. The minimum absolute atomic E-state index is 0.133. The molecule has 3 heterocycles. The van der Waals surface area contributed by atoms with Crippen LogP contribution in [0.3, 0.4) is 0 Å². The maximum atomic E-state index is 12.5. The SMILES string of the molecule is CO[C@H]1C[C@@H](O)C12CCN(C(=O)CCc1ccc(-c3cccs3)o1)CC2. The van der Waals surface area contributed by atoms with E-state index in [4.69, 9.17) is 9.15 Å². The highest BCUT2D eigenvalue weighted by atomic mass is 32.1. The molecule has 0 radical (unpaired) electrons. The van der Waals surface area contributed by atoms with E-state index in [9.17, 15) is 9.90 Å². The smallest absolute Gasteiger partial charge is 0.223 e. The van der Waals surface area contributed by atoms with Crippen LogP contribution < -0.4 is 0 Å². The van der Waals surface area contributed by atoms with Crippen LogP contribution in [0.2, 0.25) is 0 Å². The van der Waals surface area contributed by atoms with Crippen molar-refractivity contribution in [3.63, 3.8) is 0 Å². The van der Waals surface area contributed by atoms with Gasteiger partial charge in [-0.15, -0.1) is 11.3 Å². The standard InChI is InChI=1S/C20H25NO4S/c1-24-18-13-17(22)20(18)8-10-21(11-9-20)19(23)7-5-14-4-6-15(25-14)16-3-2-12-26-16/h2-4,6,12,17-18,22H,5,7-11,13H2,1H3/t17-,18+/m1/s1. The van der Waals surface area contributed by atoms with Crippen molar-refractivity contribution in [1.82, 2.24) is 4.90 Å². The number of aliphatic hydroxyl groups excluding tert-OH is 1. The Kier molecular flexibility index (Phi) is 4.90. The van der Waals surface area contributed by atoms with Crippen LogP contribution >= 0.6 is 11.3 Å². The largest absolute Gasteiger partial charge is 0.460 e. The van der Waals surface area contributed by atoms with Gasteiger partial charge in [-0.1, -0.05) is 6.07 Å². The Morgan fingerprint density at radius 2 is 2.19 bits per heavy atom. The summed E-state index contributed by atoms with van der Waals surface area (Å²) in [5.74, 6) is 1.88. The van der Waals surface area contributed by atoms with Gasteiger partial charge in [-0.25, -0.2) is 0 Å². The topological polar surface area (TPSA) is 62.9 Å². The van der Waals surface area contributed by atoms with E-state index in [0.29, 0.717) is 25.9 Å². The first-order valence-electron chi connectivity index (χ1n) is 9.23. The number of rotatable bonds is 5. The highest BCUT2D eigenvalue weighted by Crippen LogP contribution is 2.50. The number of aryl methyl sites for hydroxylation is 1. The van der Waals surface area contributed by atoms with Crippen LogP contribution in [0.15, 0.2) is 34.1 Å². The van der Waals surface area contributed by atoms with Gasteiger partial charge in [0.15, 0.2) is 0 Å². The van der Waals surface area contributed by atoms with Crippen molar-refractivity contribution in [2.45, 2.75) is 44.3 Å². The Morgan fingerprint density at radius 3 is 2.85 bits per heavy atom. The zero-order chi connectivity index (χ0) is 18.1. The normalized spacial score (nSPS) is 24.6. The van der Waals surface area contributed by atoms with E-state index in [1.807, 2.05) is 34.5 Å². The number of aliphatic hydroxyl groups is 1. The number of hydrogen-bond donors (Lipinski definition) is 1. The van der Waals surface area contributed by atoms with Crippen molar-refractivity contribution in [1.29, 1.82) is 0 Å². The van der Waals surface area contributed by atoms with Gasteiger partial charge in [0.25, 0.3) is 0 Å².